The Hall–Kier alpha value is -1.55. The zero-order chi connectivity index (χ0) is 53.1. The van der Waals surface area contributed by atoms with Crippen molar-refractivity contribution in [3.8, 4) is 0 Å². The molecule has 4 aliphatic heterocycles. The standard InChI is InChI=1S/C52H84O21/c1-23-32(56)36(60)39(63)43(69-23)72-41-34(58)27(55)20-67-45(41)68-21-28-35(59)37(61)40(64)44(70-28)73-46(65)52-16-14-47(2,3)18-25(52)24-8-9-30-48(4)12-11-31(71-42-38(62)33(57)26(54)19-66-42)49(5,22-53)29(48)10-13-51(30,7)50(24,6)15-17-52/h8,23,25-45,53-64H,9-22H2,1-7H3. The van der Waals surface area contributed by atoms with E-state index in [2.05, 4.69) is 47.6 Å². The second-order valence-electron chi connectivity index (χ2n) is 25.2. The molecule has 21 nitrogen and oxygen atoms in total. The molecule has 0 bridgehead atoms. The largest absolute Gasteiger partial charge is 0.432 e. The fourth-order valence-electron chi connectivity index (χ4n) is 15.8. The average Bonchev–Trinajstić information content (AvgIpc) is 3.34. The lowest BCUT2D eigenvalue weighted by Crippen LogP contribution is -2.67. The van der Waals surface area contributed by atoms with Crippen molar-refractivity contribution >= 4 is 5.97 Å². The van der Waals surface area contributed by atoms with Crippen molar-refractivity contribution in [1.29, 1.82) is 0 Å². The topological polar surface area (TPSA) is 334 Å². The Labute approximate surface area is 426 Å². The lowest BCUT2D eigenvalue weighted by atomic mass is 9.33. The summed E-state index contributed by atoms with van der Waals surface area (Å²) in [7, 11) is 0. The molecule has 4 heterocycles. The van der Waals surface area contributed by atoms with Crippen molar-refractivity contribution in [2.75, 3.05) is 26.4 Å². The summed E-state index contributed by atoms with van der Waals surface area (Å²) in [5, 5.41) is 129. The van der Waals surface area contributed by atoms with Gasteiger partial charge in [0.2, 0.25) is 6.29 Å². The predicted molar refractivity (Wildman–Crippen MR) is 251 cm³/mol. The maximum Gasteiger partial charge on any atom is 0.315 e. The van der Waals surface area contributed by atoms with E-state index in [1.807, 2.05) is 0 Å². The summed E-state index contributed by atoms with van der Waals surface area (Å²) in [6.07, 6.45) is -18.7. The molecule has 0 amide bonds. The fourth-order valence-corrected chi connectivity index (χ4v) is 15.8. The summed E-state index contributed by atoms with van der Waals surface area (Å²) in [6, 6.07) is 0. The summed E-state index contributed by atoms with van der Waals surface area (Å²) < 4.78 is 47.2. The number of ether oxygens (including phenoxy) is 8. The highest BCUT2D eigenvalue weighted by atomic mass is 16.8. The van der Waals surface area contributed by atoms with E-state index in [0.717, 1.165) is 32.1 Å². The number of carbonyl (C=O) groups excluding carboxylic acids is 1. The molecule has 27 atom stereocenters. The number of aliphatic hydroxyl groups is 12. The summed E-state index contributed by atoms with van der Waals surface area (Å²) in [5.74, 6) is -0.568. The van der Waals surface area contributed by atoms with Gasteiger partial charge in [-0.3, -0.25) is 4.79 Å². The molecule has 12 N–H and O–H groups in total. The molecule has 8 fully saturated rings. The van der Waals surface area contributed by atoms with E-state index in [4.69, 9.17) is 37.9 Å². The Bertz CT molecular complexity index is 2010. The number of hydrogen-bond acceptors (Lipinski definition) is 21. The molecule has 27 unspecified atom stereocenters. The summed E-state index contributed by atoms with van der Waals surface area (Å²) in [4.78, 5) is 15.1. The van der Waals surface area contributed by atoms with Gasteiger partial charge in [0, 0.05) is 5.41 Å². The van der Waals surface area contributed by atoms with Gasteiger partial charge in [-0.05, 0) is 111 Å². The third-order valence-electron chi connectivity index (χ3n) is 20.7. The van der Waals surface area contributed by atoms with E-state index in [9.17, 15) is 61.3 Å². The lowest BCUT2D eigenvalue weighted by Gasteiger charge is -2.71. The van der Waals surface area contributed by atoms with Crippen LogP contribution >= 0.6 is 0 Å². The zero-order valence-corrected chi connectivity index (χ0v) is 43.2. The first-order valence-corrected chi connectivity index (χ1v) is 26.7. The van der Waals surface area contributed by atoms with E-state index in [-0.39, 0.29) is 52.6 Å². The Morgan fingerprint density at radius 3 is 1.97 bits per heavy atom. The number of aliphatic hydroxyl groups excluding tert-OH is 12. The Morgan fingerprint density at radius 2 is 1.27 bits per heavy atom. The highest BCUT2D eigenvalue weighted by molar-refractivity contribution is 5.79. The Morgan fingerprint density at radius 1 is 0.644 bits per heavy atom. The van der Waals surface area contributed by atoms with Gasteiger partial charge in [-0.2, -0.15) is 0 Å². The molecule has 0 radical (unpaired) electrons. The van der Waals surface area contributed by atoms with E-state index < -0.39 is 147 Å². The van der Waals surface area contributed by atoms with Crippen LogP contribution in [0.25, 0.3) is 0 Å². The van der Waals surface area contributed by atoms with Gasteiger partial charge in [0.1, 0.15) is 79.4 Å². The van der Waals surface area contributed by atoms with Crippen molar-refractivity contribution in [2.24, 2.45) is 50.2 Å². The molecule has 4 saturated heterocycles. The van der Waals surface area contributed by atoms with Gasteiger partial charge in [0.15, 0.2) is 18.9 Å². The van der Waals surface area contributed by atoms with Crippen LogP contribution in [0.5, 0.6) is 0 Å². The van der Waals surface area contributed by atoms with Crippen LogP contribution in [0.1, 0.15) is 113 Å². The molecule has 0 spiro atoms. The smallest absolute Gasteiger partial charge is 0.315 e. The minimum absolute atomic E-state index is 0.0392. The van der Waals surface area contributed by atoms with E-state index >= 15 is 4.79 Å². The van der Waals surface area contributed by atoms with Crippen LogP contribution in [0.4, 0.5) is 0 Å². The second-order valence-corrected chi connectivity index (χ2v) is 25.2. The minimum Gasteiger partial charge on any atom is -0.432 e. The van der Waals surface area contributed by atoms with Crippen LogP contribution < -0.4 is 0 Å². The minimum atomic E-state index is -1.85. The third kappa shape index (κ3) is 9.20. The average molecular weight is 1050 g/mol. The van der Waals surface area contributed by atoms with E-state index in [0.29, 0.717) is 32.1 Å². The van der Waals surface area contributed by atoms with Gasteiger partial charge in [-0.1, -0.05) is 53.2 Å². The number of rotatable bonds is 10. The molecule has 9 aliphatic rings. The predicted octanol–water partition coefficient (Wildman–Crippen LogP) is -0.757. The van der Waals surface area contributed by atoms with Crippen LogP contribution in [-0.4, -0.2) is 210 Å². The van der Waals surface area contributed by atoms with Gasteiger partial charge in [0.05, 0.1) is 44.1 Å². The van der Waals surface area contributed by atoms with Gasteiger partial charge < -0.3 is 99.2 Å². The first-order valence-electron chi connectivity index (χ1n) is 26.7. The first kappa shape index (κ1) is 56.2. The highest BCUT2D eigenvalue weighted by Crippen LogP contribution is 2.76. The summed E-state index contributed by atoms with van der Waals surface area (Å²) >= 11 is 0. The van der Waals surface area contributed by atoms with Crippen LogP contribution in [0.3, 0.4) is 0 Å². The second kappa shape index (κ2) is 20.3. The van der Waals surface area contributed by atoms with E-state index in [1.54, 1.807) is 0 Å². The molecule has 0 aromatic rings. The SMILES string of the molecule is CC1OC(OC2C(OCC3OC(OC(=O)C45CCC(C)(C)CC4C4=CCC6C7(C)CCC(OC8OCC(O)C(O)C8O)C(C)(CO)C7CCC6(C)C4(C)CC5)C(O)C(O)C3O)OCC(O)C2O)C(O)C(O)C1O. The molecule has 5 aliphatic carbocycles. The molecule has 73 heavy (non-hydrogen) atoms. The number of allylic oxidation sites excluding steroid dienone is 2. The third-order valence-corrected chi connectivity index (χ3v) is 20.7. The van der Waals surface area contributed by atoms with Crippen LogP contribution in [0.15, 0.2) is 11.6 Å². The maximum atomic E-state index is 15.1. The summed E-state index contributed by atoms with van der Waals surface area (Å²) in [6.45, 7) is 13.7. The molecule has 0 aromatic carbocycles. The molecule has 21 heteroatoms. The highest BCUT2D eigenvalue weighted by Gasteiger charge is 2.70. The number of esters is 1. The van der Waals surface area contributed by atoms with Crippen LogP contribution in [0.2, 0.25) is 0 Å². The molecule has 9 rings (SSSR count). The molecule has 418 valence electrons. The zero-order valence-electron chi connectivity index (χ0n) is 43.2. The summed E-state index contributed by atoms with van der Waals surface area (Å²) in [5.41, 5.74) is -1.39. The maximum absolute atomic E-state index is 15.1. The van der Waals surface area contributed by atoms with Crippen LogP contribution in [0, 0.1) is 50.2 Å². The Kier molecular flexibility index (Phi) is 15.6. The van der Waals surface area contributed by atoms with Gasteiger partial charge in [-0.15, -0.1) is 0 Å². The van der Waals surface area contributed by atoms with Crippen LogP contribution in [-0.2, 0) is 42.7 Å². The van der Waals surface area contributed by atoms with Gasteiger partial charge in [0.25, 0.3) is 0 Å². The number of fused-ring (bicyclic) bond motifs is 7. The molecule has 0 aromatic heterocycles. The van der Waals surface area contributed by atoms with E-state index in [1.165, 1.54) is 12.5 Å². The van der Waals surface area contributed by atoms with Crippen molar-refractivity contribution in [2.45, 2.75) is 229 Å². The monoisotopic (exact) mass is 1040 g/mol. The van der Waals surface area contributed by atoms with Gasteiger partial charge in [-0.25, -0.2) is 0 Å². The number of carbonyl (C=O) groups is 1. The van der Waals surface area contributed by atoms with Gasteiger partial charge >= 0.3 is 5.97 Å². The molecular formula is C52H84O21. The number of hydrogen-bond donors (Lipinski definition) is 12. The quantitative estimate of drug-likeness (QED) is 0.0727. The van der Waals surface area contributed by atoms with Crippen molar-refractivity contribution in [3.63, 3.8) is 0 Å². The fraction of sp³-hybridized carbons (Fsp3) is 0.942. The molecule has 4 saturated carbocycles. The van der Waals surface area contributed by atoms with Crippen molar-refractivity contribution < 1.29 is 104 Å². The van der Waals surface area contributed by atoms with Crippen molar-refractivity contribution in [3.05, 3.63) is 11.6 Å². The Balaban J connectivity index is 0.920. The first-order chi connectivity index (χ1) is 34.2. The normalized spacial score (nSPS) is 55.0. The lowest BCUT2D eigenvalue weighted by molar-refractivity contribution is -0.359. The van der Waals surface area contributed by atoms with Crippen molar-refractivity contribution in [1.82, 2.24) is 0 Å². The molecular weight excluding hydrogens is 961 g/mol.